The molecule has 0 amide bonds. The van der Waals surface area contributed by atoms with Gasteiger partial charge in [-0.15, -0.1) is 0 Å². The molecule has 0 aliphatic carbocycles. The van der Waals surface area contributed by atoms with E-state index in [-0.39, 0.29) is 11.5 Å². The quantitative estimate of drug-likeness (QED) is 0.499. The van der Waals surface area contributed by atoms with E-state index in [4.69, 9.17) is 24.7 Å². The smallest absolute Gasteiger partial charge is 0.0701 e. The zero-order valence-corrected chi connectivity index (χ0v) is 14.4. The van der Waals surface area contributed by atoms with Gasteiger partial charge in [0.1, 0.15) is 0 Å². The summed E-state index contributed by atoms with van der Waals surface area (Å²) < 4.78 is 21.7. The summed E-state index contributed by atoms with van der Waals surface area (Å²) in [7, 11) is 0. The van der Waals surface area contributed by atoms with Crippen LogP contribution in [0.5, 0.6) is 0 Å². The number of hydrogen-bond acceptors (Lipinski definition) is 5. The second-order valence-corrected chi connectivity index (χ2v) is 6.24. The first-order valence-corrected chi connectivity index (χ1v) is 8.05. The van der Waals surface area contributed by atoms with E-state index in [9.17, 15) is 0 Å². The van der Waals surface area contributed by atoms with E-state index in [0.29, 0.717) is 46.2 Å². The molecule has 2 N–H and O–H groups in total. The van der Waals surface area contributed by atoms with Gasteiger partial charge in [-0.05, 0) is 11.8 Å². The minimum absolute atomic E-state index is 0.0496. The topological polar surface area (TPSA) is 62.9 Å². The molecule has 0 rings (SSSR count). The van der Waals surface area contributed by atoms with Crippen molar-refractivity contribution < 1.29 is 18.9 Å². The van der Waals surface area contributed by atoms with Crippen LogP contribution < -0.4 is 5.73 Å². The van der Waals surface area contributed by atoms with E-state index < -0.39 is 0 Å². The van der Waals surface area contributed by atoms with Crippen molar-refractivity contribution in [3.05, 3.63) is 0 Å². The summed E-state index contributed by atoms with van der Waals surface area (Å²) in [6, 6.07) is 0.0496. The number of ether oxygens (including phenoxy) is 4. The van der Waals surface area contributed by atoms with E-state index in [2.05, 4.69) is 27.7 Å². The minimum atomic E-state index is 0.0496. The Bertz CT molecular complexity index is 219. The van der Waals surface area contributed by atoms with E-state index in [1.165, 1.54) is 0 Å². The van der Waals surface area contributed by atoms with E-state index >= 15 is 0 Å². The lowest BCUT2D eigenvalue weighted by Gasteiger charge is -2.26. The fourth-order valence-electron chi connectivity index (χ4n) is 1.37. The van der Waals surface area contributed by atoms with Crippen LogP contribution in [-0.4, -0.2) is 58.9 Å². The molecule has 0 aliphatic heterocycles. The maximum absolute atomic E-state index is 5.99. The Kier molecular flexibility index (Phi) is 13.3. The average Bonchev–Trinajstić information content (AvgIpc) is 2.42. The molecule has 1 unspecified atom stereocenters. The molecule has 5 nitrogen and oxygen atoms in total. The zero-order chi connectivity index (χ0) is 16.0. The molecule has 0 radical (unpaired) electrons. The largest absolute Gasteiger partial charge is 0.379 e. The Morgan fingerprint density at radius 3 is 1.62 bits per heavy atom. The van der Waals surface area contributed by atoms with Gasteiger partial charge in [-0.3, -0.25) is 0 Å². The molecule has 0 saturated carbocycles. The highest BCUT2D eigenvalue weighted by atomic mass is 16.6. The van der Waals surface area contributed by atoms with Gasteiger partial charge in [0.25, 0.3) is 0 Å². The maximum Gasteiger partial charge on any atom is 0.0701 e. The molecule has 0 aromatic heterocycles. The second-order valence-electron chi connectivity index (χ2n) is 6.24. The molecule has 128 valence electrons. The first kappa shape index (κ1) is 20.8. The van der Waals surface area contributed by atoms with Crippen molar-refractivity contribution in [1.29, 1.82) is 0 Å². The average molecular weight is 305 g/mol. The summed E-state index contributed by atoms with van der Waals surface area (Å²) in [5, 5.41) is 0. The highest BCUT2D eigenvalue weighted by Gasteiger charge is 2.20. The number of unbranched alkanes of at least 4 members (excludes halogenated alkanes) is 1. The van der Waals surface area contributed by atoms with Crippen molar-refractivity contribution in [3.63, 3.8) is 0 Å². The van der Waals surface area contributed by atoms with Crippen molar-refractivity contribution in [3.8, 4) is 0 Å². The minimum Gasteiger partial charge on any atom is -0.379 e. The summed E-state index contributed by atoms with van der Waals surface area (Å²) >= 11 is 0. The van der Waals surface area contributed by atoms with Crippen LogP contribution in [0.2, 0.25) is 0 Å². The van der Waals surface area contributed by atoms with Crippen molar-refractivity contribution in [2.75, 3.05) is 52.9 Å². The fourth-order valence-corrected chi connectivity index (χ4v) is 1.37. The van der Waals surface area contributed by atoms with Crippen LogP contribution in [-0.2, 0) is 18.9 Å². The fraction of sp³-hybridized carbons (Fsp3) is 1.00. The molecule has 5 heteroatoms. The molecular weight excluding hydrogens is 270 g/mol. The third-order valence-corrected chi connectivity index (χ3v) is 3.17. The first-order chi connectivity index (χ1) is 9.98. The van der Waals surface area contributed by atoms with Gasteiger partial charge in [0.2, 0.25) is 0 Å². The first-order valence-electron chi connectivity index (χ1n) is 8.05. The molecule has 0 aromatic rings. The van der Waals surface area contributed by atoms with E-state index in [1.807, 2.05) is 0 Å². The molecular formula is C16H35NO4. The lowest BCUT2D eigenvalue weighted by Crippen LogP contribution is -2.39. The number of rotatable bonds is 14. The van der Waals surface area contributed by atoms with Crippen molar-refractivity contribution in [2.24, 2.45) is 11.1 Å². The van der Waals surface area contributed by atoms with Crippen molar-refractivity contribution in [2.45, 2.75) is 46.6 Å². The van der Waals surface area contributed by atoms with Crippen LogP contribution in [0.4, 0.5) is 0 Å². The van der Waals surface area contributed by atoms with Crippen LogP contribution in [0.15, 0.2) is 0 Å². The molecule has 0 saturated heterocycles. The van der Waals surface area contributed by atoms with Gasteiger partial charge in [0, 0.05) is 12.6 Å². The normalized spacial score (nSPS) is 13.6. The summed E-state index contributed by atoms with van der Waals surface area (Å²) in [5.41, 5.74) is 6.07. The van der Waals surface area contributed by atoms with E-state index in [1.54, 1.807) is 0 Å². The van der Waals surface area contributed by atoms with Crippen LogP contribution in [0.3, 0.4) is 0 Å². The highest BCUT2D eigenvalue weighted by Crippen LogP contribution is 2.17. The van der Waals surface area contributed by atoms with Gasteiger partial charge in [-0.1, -0.05) is 34.1 Å². The molecule has 21 heavy (non-hydrogen) atoms. The van der Waals surface area contributed by atoms with Gasteiger partial charge in [0.05, 0.1) is 46.2 Å². The molecule has 0 bridgehead atoms. The number of hydrogen-bond donors (Lipinski definition) is 1. The summed E-state index contributed by atoms with van der Waals surface area (Å²) in [6.45, 7) is 13.5. The van der Waals surface area contributed by atoms with Gasteiger partial charge < -0.3 is 24.7 Å². The lowest BCUT2D eigenvalue weighted by atomic mass is 9.88. The van der Waals surface area contributed by atoms with Crippen LogP contribution in [0.1, 0.15) is 40.5 Å². The lowest BCUT2D eigenvalue weighted by molar-refractivity contribution is -0.00640. The standard InChI is InChI=1S/C16H35NO4/c1-5-6-7-18-8-9-19-10-11-20-12-13-21-14-15(17)16(2,3)4/h15H,5-14,17H2,1-4H3. The molecule has 0 aromatic carbocycles. The van der Waals surface area contributed by atoms with Gasteiger partial charge in [0.15, 0.2) is 0 Å². The van der Waals surface area contributed by atoms with Gasteiger partial charge >= 0.3 is 0 Å². The van der Waals surface area contributed by atoms with Gasteiger partial charge in [-0.25, -0.2) is 0 Å². The molecule has 0 heterocycles. The molecule has 1 atom stereocenters. The Labute approximate surface area is 130 Å². The molecule has 0 aliphatic rings. The predicted octanol–water partition coefficient (Wildman–Crippen LogP) is 2.23. The van der Waals surface area contributed by atoms with Crippen LogP contribution >= 0.6 is 0 Å². The Hall–Kier alpha value is -0.200. The SMILES string of the molecule is CCCCOCCOCCOCCOCC(N)C(C)(C)C. The predicted molar refractivity (Wildman–Crippen MR) is 85.6 cm³/mol. The van der Waals surface area contributed by atoms with Crippen LogP contribution in [0, 0.1) is 5.41 Å². The summed E-state index contributed by atoms with van der Waals surface area (Å²) in [5.74, 6) is 0. The van der Waals surface area contributed by atoms with E-state index in [0.717, 1.165) is 19.4 Å². The van der Waals surface area contributed by atoms with Crippen LogP contribution in [0.25, 0.3) is 0 Å². The Morgan fingerprint density at radius 1 is 0.762 bits per heavy atom. The van der Waals surface area contributed by atoms with Gasteiger partial charge in [-0.2, -0.15) is 0 Å². The maximum atomic E-state index is 5.99. The number of nitrogens with two attached hydrogens (primary N) is 1. The molecule has 0 fully saturated rings. The monoisotopic (exact) mass is 305 g/mol. The zero-order valence-electron chi connectivity index (χ0n) is 14.4. The third-order valence-electron chi connectivity index (χ3n) is 3.17. The van der Waals surface area contributed by atoms with Crippen molar-refractivity contribution in [1.82, 2.24) is 0 Å². The molecule has 0 spiro atoms. The second kappa shape index (κ2) is 13.5. The summed E-state index contributed by atoms with van der Waals surface area (Å²) in [6.07, 6.45) is 2.28. The summed E-state index contributed by atoms with van der Waals surface area (Å²) in [4.78, 5) is 0. The highest BCUT2D eigenvalue weighted by molar-refractivity contribution is 4.76. The Morgan fingerprint density at radius 2 is 1.19 bits per heavy atom. The third kappa shape index (κ3) is 14.5. The van der Waals surface area contributed by atoms with Crippen molar-refractivity contribution >= 4 is 0 Å². The Balaban J connectivity index is 3.13.